The summed E-state index contributed by atoms with van der Waals surface area (Å²) in [6.45, 7) is 2.10. The molecule has 0 aliphatic heterocycles. The first-order valence-corrected chi connectivity index (χ1v) is 7.48. The first kappa shape index (κ1) is 15.5. The third kappa shape index (κ3) is 3.41. The van der Waals surface area contributed by atoms with E-state index in [9.17, 15) is 0 Å². The molecule has 0 saturated carbocycles. The molecule has 1 heterocycles. The Hall–Kier alpha value is -1.89. The third-order valence-electron chi connectivity index (χ3n) is 2.75. The van der Waals surface area contributed by atoms with Crippen LogP contribution in [0.1, 0.15) is 13.3 Å². The van der Waals surface area contributed by atoms with Crippen molar-refractivity contribution in [2.45, 2.75) is 18.6 Å². The average Bonchev–Trinajstić information content (AvgIpc) is 3.00. The topological polar surface area (TPSA) is 66.6 Å². The molecule has 0 saturated heterocycles. The maximum absolute atomic E-state index is 5.63. The molecule has 0 fully saturated rings. The van der Waals surface area contributed by atoms with E-state index < -0.39 is 0 Å². The van der Waals surface area contributed by atoms with Gasteiger partial charge in [-0.15, -0.1) is 10.2 Å². The van der Waals surface area contributed by atoms with E-state index in [0.29, 0.717) is 28.4 Å². The minimum Gasteiger partial charge on any atom is -0.493 e. The van der Waals surface area contributed by atoms with Crippen LogP contribution in [-0.4, -0.2) is 37.3 Å². The molecule has 1 aromatic carbocycles. The lowest BCUT2D eigenvalue weighted by atomic mass is 10.2. The Labute approximate surface area is 127 Å². The molecule has 0 unspecified atom stereocenters. The minimum atomic E-state index is 0.424. The predicted octanol–water partition coefficient (Wildman–Crippen LogP) is 3.26. The number of nitrogens with zero attached hydrogens (tertiary/aromatic N) is 2. The number of benzene rings is 1. The normalized spacial score (nSPS) is 10.5. The molecule has 0 N–H and O–H groups in total. The Bertz CT molecular complexity index is 575. The molecule has 0 aliphatic carbocycles. The number of methoxy groups -OCH3 is 3. The molecule has 0 bridgehead atoms. The molecule has 2 rings (SSSR count). The highest BCUT2D eigenvalue weighted by Gasteiger charge is 2.17. The van der Waals surface area contributed by atoms with Crippen LogP contribution in [0.2, 0.25) is 0 Å². The lowest BCUT2D eigenvalue weighted by Gasteiger charge is -2.12. The maximum Gasteiger partial charge on any atom is 0.276 e. The molecule has 0 amide bonds. The molecule has 0 spiro atoms. The number of hydrogen-bond donors (Lipinski definition) is 0. The van der Waals surface area contributed by atoms with E-state index >= 15 is 0 Å². The summed E-state index contributed by atoms with van der Waals surface area (Å²) in [4.78, 5) is 0. The van der Waals surface area contributed by atoms with Crippen molar-refractivity contribution in [2.24, 2.45) is 0 Å². The Morgan fingerprint density at radius 1 is 1.05 bits per heavy atom. The fourth-order valence-electron chi connectivity index (χ4n) is 1.78. The number of ether oxygens (including phenoxy) is 3. The Balaban J connectivity index is 2.37. The van der Waals surface area contributed by atoms with Crippen LogP contribution < -0.4 is 14.2 Å². The fourth-order valence-corrected chi connectivity index (χ4v) is 2.39. The fraction of sp³-hybridized carbons (Fsp3) is 0.429. The van der Waals surface area contributed by atoms with Gasteiger partial charge >= 0.3 is 0 Å². The van der Waals surface area contributed by atoms with Crippen LogP contribution in [-0.2, 0) is 0 Å². The third-order valence-corrected chi connectivity index (χ3v) is 3.77. The van der Waals surface area contributed by atoms with Gasteiger partial charge < -0.3 is 18.6 Å². The summed E-state index contributed by atoms with van der Waals surface area (Å²) in [5, 5.41) is 8.63. The van der Waals surface area contributed by atoms with E-state index in [-0.39, 0.29) is 0 Å². The summed E-state index contributed by atoms with van der Waals surface area (Å²) >= 11 is 1.54. The van der Waals surface area contributed by atoms with Crippen LogP contribution in [0.5, 0.6) is 17.2 Å². The molecule has 21 heavy (non-hydrogen) atoms. The van der Waals surface area contributed by atoms with Crippen molar-refractivity contribution in [3.05, 3.63) is 12.1 Å². The largest absolute Gasteiger partial charge is 0.493 e. The second-order valence-corrected chi connectivity index (χ2v) is 5.18. The number of hydrogen-bond acceptors (Lipinski definition) is 7. The minimum absolute atomic E-state index is 0.424. The second-order valence-electron chi connectivity index (χ2n) is 4.14. The van der Waals surface area contributed by atoms with Gasteiger partial charge in [0.2, 0.25) is 11.6 Å². The smallest absolute Gasteiger partial charge is 0.276 e. The Kier molecular flexibility index (Phi) is 5.32. The molecule has 0 aliphatic rings. The highest BCUT2D eigenvalue weighted by atomic mass is 32.2. The molecule has 6 nitrogen and oxygen atoms in total. The molecule has 114 valence electrons. The van der Waals surface area contributed by atoms with Crippen LogP contribution in [0.4, 0.5) is 0 Å². The summed E-state index contributed by atoms with van der Waals surface area (Å²) in [6.07, 6.45) is 1.05. The zero-order valence-electron chi connectivity index (χ0n) is 12.5. The van der Waals surface area contributed by atoms with Gasteiger partial charge in [0.15, 0.2) is 11.5 Å². The van der Waals surface area contributed by atoms with Gasteiger partial charge in [0.1, 0.15) is 0 Å². The second kappa shape index (κ2) is 7.21. The van der Waals surface area contributed by atoms with Crippen molar-refractivity contribution >= 4 is 11.8 Å². The van der Waals surface area contributed by atoms with E-state index in [4.69, 9.17) is 18.6 Å². The van der Waals surface area contributed by atoms with Crippen molar-refractivity contribution in [3.63, 3.8) is 0 Å². The van der Waals surface area contributed by atoms with E-state index in [1.54, 1.807) is 33.5 Å². The van der Waals surface area contributed by atoms with Crippen molar-refractivity contribution < 1.29 is 18.6 Å². The number of aromatic nitrogens is 2. The van der Waals surface area contributed by atoms with Gasteiger partial charge in [-0.1, -0.05) is 18.7 Å². The first-order valence-electron chi connectivity index (χ1n) is 6.50. The zero-order valence-corrected chi connectivity index (χ0v) is 13.3. The number of rotatable bonds is 7. The van der Waals surface area contributed by atoms with Gasteiger partial charge in [0, 0.05) is 11.3 Å². The Morgan fingerprint density at radius 3 is 2.24 bits per heavy atom. The van der Waals surface area contributed by atoms with Crippen LogP contribution in [0, 0.1) is 0 Å². The van der Waals surface area contributed by atoms with Gasteiger partial charge in [0.25, 0.3) is 5.22 Å². The standard InChI is InChI=1S/C14H18N2O4S/c1-5-6-21-14-16-15-13(20-14)9-7-10(17-2)12(19-4)11(8-9)18-3/h7-8H,5-6H2,1-4H3. The van der Waals surface area contributed by atoms with Crippen LogP contribution in [0.15, 0.2) is 21.8 Å². The predicted molar refractivity (Wildman–Crippen MR) is 80.4 cm³/mol. The monoisotopic (exact) mass is 310 g/mol. The van der Waals surface area contributed by atoms with E-state index in [2.05, 4.69) is 17.1 Å². The van der Waals surface area contributed by atoms with E-state index in [0.717, 1.165) is 17.7 Å². The molecular weight excluding hydrogens is 292 g/mol. The molecule has 0 radical (unpaired) electrons. The molecule has 2 aromatic rings. The van der Waals surface area contributed by atoms with Crippen LogP contribution in [0.3, 0.4) is 0 Å². The molecule has 0 atom stereocenters. The molecular formula is C14H18N2O4S. The quantitative estimate of drug-likeness (QED) is 0.727. The van der Waals surface area contributed by atoms with Gasteiger partial charge in [-0.25, -0.2) is 0 Å². The summed E-state index contributed by atoms with van der Waals surface area (Å²) in [6, 6.07) is 3.56. The van der Waals surface area contributed by atoms with Gasteiger partial charge in [0.05, 0.1) is 21.3 Å². The first-order chi connectivity index (χ1) is 10.2. The highest BCUT2D eigenvalue weighted by molar-refractivity contribution is 7.99. The van der Waals surface area contributed by atoms with Gasteiger partial charge in [-0.3, -0.25) is 0 Å². The lowest BCUT2D eigenvalue weighted by Crippen LogP contribution is -1.95. The number of thioether (sulfide) groups is 1. The summed E-state index contributed by atoms with van der Waals surface area (Å²) in [7, 11) is 4.70. The van der Waals surface area contributed by atoms with Gasteiger partial charge in [-0.05, 0) is 18.6 Å². The van der Waals surface area contributed by atoms with Crippen molar-refractivity contribution in [2.75, 3.05) is 27.1 Å². The van der Waals surface area contributed by atoms with Crippen molar-refractivity contribution in [3.8, 4) is 28.7 Å². The average molecular weight is 310 g/mol. The summed E-state index contributed by atoms with van der Waals surface area (Å²) < 4.78 is 21.5. The van der Waals surface area contributed by atoms with Crippen LogP contribution >= 0.6 is 11.8 Å². The molecule has 1 aromatic heterocycles. The summed E-state index contributed by atoms with van der Waals surface area (Å²) in [5.41, 5.74) is 0.723. The Morgan fingerprint density at radius 2 is 1.71 bits per heavy atom. The lowest BCUT2D eigenvalue weighted by molar-refractivity contribution is 0.324. The van der Waals surface area contributed by atoms with Crippen molar-refractivity contribution in [1.82, 2.24) is 10.2 Å². The van der Waals surface area contributed by atoms with Gasteiger partial charge in [-0.2, -0.15) is 0 Å². The summed E-state index contributed by atoms with van der Waals surface area (Å²) in [5.74, 6) is 2.99. The highest BCUT2D eigenvalue weighted by Crippen LogP contribution is 2.41. The van der Waals surface area contributed by atoms with Crippen LogP contribution in [0.25, 0.3) is 11.5 Å². The maximum atomic E-state index is 5.63. The SMILES string of the molecule is CCCSc1nnc(-c2cc(OC)c(OC)c(OC)c2)o1. The van der Waals surface area contributed by atoms with E-state index in [1.807, 2.05) is 0 Å². The van der Waals surface area contributed by atoms with E-state index in [1.165, 1.54) is 11.8 Å². The molecule has 7 heteroatoms. The van der Waals surface area contributed by atoms with Crippen molar-refractivity contribution in [1.29, 1.82) is 0 Å². The zero-order chi connectivity index (χ0) is 15.2.